The van der Waals surface area contributed by atoms with Gasteiger partial charge in [0.25, 0.3) is 0 Å². The maximum Gasteiger partial charge on any atom is 0.203 e. The molecule has 0 aliphatic rings. The van der Waals surface area contributed by atoms with Gasteiger partial charge in [0.05, 0.1) is 11.9 Å². The minimum absolute atomic E-state index is 0.827. The molecular formula is C21H24N4S. The fourth-order valence-electron chi connectivity index (χ4n) is 2.64. The van der Waals surface area contributed by atoms with E-state index < -0.39 is 0 Å². The number of hydrazone groups is 1. The lowest BCUT2D eigenvalue weighted by atomic mass is 10.1. The number of thiazole rings is 1. The predicted molar refractivity (Wildman–Crippen MR) is 112 cm³/mol. The first-order valence-electron chi connectivity index (χ1n) is 8.77. The summed E-state index contributed by atoms with van der Waals surface area (Å²) in [4.78, 5) is 7.99. The van der Waals surface area contributed by atoms with Crippen LogP contribution >= 0.6 is 11.3 Å². The molecule has 5 heteroatoms. The summed E-state index contributed by atoms with van der Waals surface area (Å²) in [5.41, 5.74) is 7.64. The monoisotopic (exact) mass is 364 g/mol. The molecule has 0 saturated carbocycles. The molecule has 1 N–H and O–H groups in total. The number of benzene rings is 2. The Bertz CT molecular complexity index is 834. The fourth-order valence-corrected chi connectivity index (χ4v) is 3.41. The van der Waals surface area contributed by atoms with Gasteiger partial charge in [0.2, 0.25) is 5.13 Å². The third kappa shape index (κ3) is 4.70. The summed E-state index contributed by atoms with van der Waals surface area (Å²) >= 11 is 1.62. The van der Waals surface area contributed by atoms with Crippen molar-refractivity contribution in [1.29, 1.82) is 0 Å². The van der Waals surface area contributed by atoms with Crippen LogP contribution in [0.5, 0.6) is 0 Å². The van der Waals surface area contributed by atoms with Gasteiger partial charge in [-0.2, -0.15) is 5.10 Å². The van der Waals surface area contributed by atoms with Gasteiger partial charge in [0, 0.05) is 23.7 Å². The Balaban J connectivity index is 1.62. The fraction of sp³-hybridized carbons (Fsp3) is 0.238. The minimum atomic E-state index is 0.827. The van der Waals surface area contributed by atoms with Gasteiger partial charge >= 0.3 is 0 Å². The molecule has 3 aromatic rings. The van der Waals surface area contributed by atoms with Crippen molar-refractivity contribution in [1.82, 2.24) is 4.98 Å². The summed E-state index contributed by atoms with van der Waals surface area (Å²) in [6.07, 6.45) is 1.82. The second kappa shape index (κ2) is 8.63. The zero-order chi connectivity index (χ0) is 18.4. The average molecular weight is 365 g/mol. The predicted octanol–water partition coefficient (Wildman–Crippen LogP) is 5.23. The van der Waals surface area contributed by atoms with Crippen LogP contribution in [0.1, 0.15) is 28.6 Å². The quantitative estimate of drug-likeness (QED) is 0.461. The number of hydrogen-bond donors (Lipinski definition) is 1. The Labute approximate surface area is 159 Å². The van der Waals surface area contributed by atoms with E-state index in [2.05, 4.69) is 88.9 Å². The van der Waals surface area contributed by atoms with Gasteiger partial charge in [0.15, 0.2) is 0 Å². The van der Waals surface area contributed by atoms with E-state index >= 15 is 0 Å². The molecule has 0 aliphatic carbocycles. The first-order valence-corrected chi connectivity index (χ1v) is 9.59. The molecule has 0 radical (unpaired) electrons. The van der Waals surface area contributed by atoms with E-state index in [0.29, 0.717) is 0 Å². The smallest absolute Gasteiger partial charge is 0.203 e. The molecule has 0 atom stereocenters. The maximum atomic E-state index is 4.42. The number of aryl methyl sites for hydroxylation is 2. The van der Waals surface area contributed by atoms with E-state index in [-0.39, 0.29) is 0 Å². The van der Waals surface area contributed by atoms with Crippen molar-refractivity contribution in [2.24, 2.45) is 5.10 Å². The lowest BCUT2D eigenvalue weighted by Gasteiger charge is -2.23. The van der Waals surface area contributed by atoms with Crippen molar-refractivity contribution in [3.05, 3.63) is 76.3 Å². The van der Waals surface area contributed by atoms with Crippen LogP contribution in [0.15, 0.2) is 59.7 Å². The average Bonchev–Trinajstić information content (AvgIpc) is 2.99. The molecule has 1 aromatic heterocycles. The van der Waals surface area contributed by atoms with E-state index in [1.165, 1.54) is 16.1 Å². The number of anilines is 2. The van der Waals surface area contributed by atoms with Crippen molar-refractivity contribution in [2.75, 3.05) is 16.9 Å². The van der Waals surface area contributed by atoms with Crippen LogP contribution in [-0.4, -0.2) is 17.7 Å². The van der Waals surface area contributed by atoms with Crippen molar-refractivity contribution < 1.29 is 0 Å². The Morgan fingerprint density at radius 1 is 1.08 bits per heavy atom. The Hall–Kier alpha value is -2.66. The van der Waals surface area contributed by atoms with Crippen LogP contribution in [0.2, 0.25) is 0 Å². The van der Waals surface area contributed by atoms with Gasteiger partial charge in [-0.25, -0.2) is 4.98 Å². The molecule has 0 aliphatic heterocycles. The third-order valence-electron chi connectivity index (χ3n) is 4.26. The molecule has 0 spiro atoms. The van der Waals surface area contributed by atoms with Crippen LogP contribution in [0.4, 0.5) is 10.8 Å². The molecule has 0 amide bonds. The Kier molecular flexibility index (Phi) is 6.02. The topological polar surface area (TPSA) is 40.5 Å². The van der Waals surface area contributed by atoms with Crippen molar-refractivity contribution in [2.45, 2.75) is 27.3 Å². The van der Waals surface area contributed by atoms with Crippen molar-refractivity contribution in [3.63, 3.8) is 0 Å². The number of nitrogens with one attached hydrogen (secondary N) is 1. The highest BCUT2D eigenvalue weighted by Crippen LogP contribution is 2.21. The van der Waals surface area contributed by atoms with E-state index in [9.17, 15) is 0 Å². The lowest BCUT2D eigenvalue weighted by molar-refractivity contribution is 0.832. The molecule has 134 valence electrons. The second-order valence-corrected chi connectivity index (χ2v) is 7.33. The summed E-state index contributed by atoms with van der Waals surface area (Å²) in [5.74, 6) is 0. The Morgan fingerprint density at radius 2 is 1.81 bits per heavy atom. The van der Waals surface area contributed by atoms with Crippen LogP contribution in [0.3, 0.4) is 0 Å². The third-order valence-corrected chi connectivity index (χ3v) is 5.24. The van der Waals surface area contributed by atoms with Gasteiger partial charge < -0.3 is 4.90 Å². The van der Waals surface area contributed by atoms with Gasteiger partial charge in [-0.1, -0.05) is 42.5 Å². The summed E-state index contributed by atoms with van der Waals surface area (Å²) in [6.45, 7) is 8.13. The molecular weight excluding hydrogens is 340 g/mol. The van der Waals surface area contributed by atoms with Crippen LogP contribution < -0.4 is 10.3 Å². The molecule has 1 heterocycles. The molecule has 3 rings (SSSR count). The molecule has 26 heavy (non-hydrogen) atoms. The van der Waals surface area contributed by atoms with Crippen LogP contribution in [0.25, 0.3) is 0 Å². The molecule has 0 saturated heterocycles. The summed E-state index contributed by atoms with van der Waals surface area (Å²) in [7, 11) is 0. The zero-order valence-electron chi connectivity index (χ0n) is 15.4. The van der Waals surface area contributed by atoms with Gasteiger partial charge in [-0.15, -0.1) is 11.3 Å². The number of nitrogens with zero attached hydrogens (tertiary/aromatic N) is 3. The van der Waals surface area contributed by atoms with E-state index in [0.717, 1.165) is 29.5 Å². The summed E-state index contributed by atoms with van der Waals surface area (Å²) < 4.78 is 0. The molecule has 4 nitrogen and oxygen atoms in total. The SMILES string of the molecule is CCN(Cc1ccccc1)c1ccc(/C=N\Nc2nc(C)c(C)s2)cc1. The first-order chi connectivity index (χ1) is 12.7. The highest BCUT2D eigenvalue weighted by Gasteiger charge is 2.05. The van der Waals surface area contributed by atoms with Crippen molar-refractivity contribution >= 4 is 28.4 Å². The van der Waals surface area contributed by atoms with Crippen LogP contribution in [-0.2, 0) is 6.54 Å². The van der Waals surface area contributed by atoms with Crippen molar-refractivity contribution in [3.8, 4) is 0 Å². The second-order valence-electron chi connectivity index (χ2n) is 6.12. The highest BCUT2D eigenvalue weighted by molar-refractivity contribution is 7.15. The number of rotatable bonds is 7. The summed E-state index contributed by atoms with van der Waals surface area (Å²) in [5, 5.41) is 5.11. The van der Waals surface area contributed by atoms with Gasteiger partial charge in [0.1, 0.15) is 0 Å². The lowest BCUT2D eigenvalue weighted by Crippen LogP contribution is -2.21. The summed E-state index contributed by atoms with van der Waals surface area (Å²) in [6, 6.07) is 19.0. The highest BCUT2D eigenvalue weighted by atomic mass is 32.1. The molecule has 2 aromatic carbocycles. The van der Waals surface area contributed by atoms with E-state index in [1.807, 2.05) is 13.1 Å². The largest absolute Gasteiger partial charge is 0.367 e. The normalized spacial score (nSPS) is 11.0. The van der Waals surface area contributed by atoms with Crippen LogP contribution in [0, 0.1) is 13.8 Å². The molecule has 0 fully saturated rings. The number of hydrogen-bond acceptors (Lipinski definition) is 5. The first kappa shape index (κ1) is 18.1. The zero-order valence-corrected chi connectivity index (χ0v) is 16.3. The van der Waals surface area contributed by atoms with Gasteiger partial charge in [-0.05, 0) is 44.0 Å². The Morgan fingerprint density at radius 3 is 2.42 bits per heavy atom. The minimum Gasteiger partial charge on any atom is -0.367 e. The van der Waals surface area contributed by atoms with Gasteiger partial charge in [-0.3, -0.25) is 5.43 Å². The van der Waals surface area contributed by atoms with E-state index in [1.54, 1.807) is 11.3 Å². The molecule has 0 unspecified atom stereocenters. The molecule has 0 bridgehead atoms. The van der Waals surface area contributed by atoms with E-state index in [4.69, 9.17) is 0 Å². The standard InChI is InChI=1S/C21H24N4S/c1-4-25(15-19-8-6-5-7-9-19)20-12-10-18(11-13-20)14-22-24-21-23-16(2)17(3)26-21/h5-14H,4,15H2,1-3H3,(H,23,24)/b22-14-. The number of aromatic nitrogens is 1. The maximum absolute atomic E-state index is 4.42.